The van der Waals surface area contributed by atoms with Gasteiger partial charge in [0.05, 0.1) is 0 Å². The fraction of sp³-hybridized carbons (Fsp3) is 0.0625. The van der Waals surface area contributed by atoms with Crippen molar-refractivity contribution in [3.05, 3.63) is 538 Å². The van der Waals surface area contributed by atoms with Crippen LogP contribution in [0.25, 0.3) is 0 Å². The van der Waals surface area contributed by atoms with Gasteiger partial charge in [-0.3, -0.25) is 0 Å². The van der Waals surface area contributed by atoms with Crippen LogP contribution in [0.3, 0.4) is 0 Å². The third-order valence-corrected chi connectivity index (χ3v) is 27.0. The maximum atomic E-state index is 2.53. The van der Waals surface area contributed by atoms with E-state index in [-0.39, 0.29) is 0 Å². The molecule has 0 nitrogen and oxygen atoms in total. The molecule has 0 spiro atoms. The van der Waals surface area contributed by atoms with E-state index < -0.39 is 43.2 Å². The first-order valence-electron chi connectivity index (χ1n) is 33.8. The van der Waals surface area contributed by atoms with Crippen LogP contribution in [-0.2, 0) is 43.2 Å². The third kappa shape index (κ3) is 9.79. The summed E-state index contributed by atoms with van der Waals surface area (Å²) in [6.45, 7) is 0. The van der Waals surface area contributed by atoms with Crippen LogP contribution in [0.4, 0.5) is 0 Å². The van der Waals surface area contributed by atoms with Crippen LogP contribution < -0.4 is 0 Å². The molecule has 0 amide bonds. The van der Waals surface area contributed by atoms with E-state index in [4.69, 9.17) is 0 Å². The molecule has 0 fully saturated rings. The van der Waals surface area contributed by atoms with Gasteiger partial charge >= 0.3 is 582 Å². The molecule has 0 N–H and O–H groups in total. The number of hydrogen-bond acceptors (Lipinski definition) is 0. The van der Waals surface area contributed by atoms with E-state index in [9.17, 15) is 0 Å². The SMILES string of the molecule is c1ccc(C(c2ccccc2)(c2ccccc2)[C](c2ccccc2)(c2ccccc2)[Cr]([C](c2ccccc2)(c2ccccc2)C(c2ccccc2)(c2ccccc2)c2ccccc2)[C](c2ccccc2)(c2ccccc2)C(c2ccccc2)(c2ccccc2)c2ccccc2)cc1. The second-order valence-corrected chi connectivity index (χ2v) is 28.9. The molecule has 465 valence electrons. The monoisotopic (exact) mass is 1280 g/mol. The topological polar surface area (TPSA) is 0 Å². The van der Waals surface area contributed by atoms with E-state index in [0.717, 1.165) is 50.1 Å². The van der Waals surface area contributed by atoms with Gasteiger partial charge in [0.2, 0.25) is 0 Å². The molecule has 0 aliphatic carbocycles. The van der Waals surface area contributed by atoms with E-state index in [1.807, 2.05) is 0 Å². The van der Waals surface area contributed by atoms with Crippen LogP contribution >= 0.6 is 0 Å². The fourth-order valence-corrected chi connectivity index (χ4v) is 25.9. The second kappa shape index (κ2) is 27.3. The average molecular weight is 1280 g/mol. The molecule has 0 aliphatic heterocycles. The van der Waals surface area contributed by atoms with Crippen molar-refractivity contribution in [3.8, 4) is 0 Å². The Balaban J connectivity index is 1.44. The molecule has 0 unspecified atom stereocenters. The minimum absolute atomic E-state index is 1.16. The average Bonchev–Trinajstić information content (AvgIpc) is 0.633. The second-order valence-electron chi connectivity index (χ2n) is 25.1. The summed E-state index contributed by atoms with van der Waals surface area (Å²) in [5, 5.41) is 0. The molecule has 0 aromatic heterocycles. The normalized spacial score (nSPS) is 12.2. The van der Waals surface area contributed by atoms with Crippen molar-refractivity contribution >= 4 is 0 Å². The van der Waals surface area contributed by atoms with Crippen LogP contribution in [0.15, 0.2) is 455 Å². The van der Waals surface area contributed by atoms with Gasteiger partial charge < -0.3 is 0 Å². The van der Waals surface area contributed by atoms with Crippen LogP contribution in [0.1, 0.15) is 83.5 Å². The van der Waals surface area contributed by atoms with Crippen molar-refractivity contribution in [2.75, 3.05) is 0 Å². The summed E-state index contributed by atoms with van der Waals surface area (Å²) in [5.41, 5.74) is 14.0. The van der Waals surface area contributed by atoms with Gasteiger partial charge in [-0.25, -0.2) is 0 Å². The molecule has 15 rings (SSSR count). The molecule has 0 saturated carbocycles. The summed E-state index contributed by atoms with van der Waals surface area (Å²) in [6, 6.07) is 177. The molecular formula is C96H75Cr. The number of hydrogen-bond donors (Lipinski definition) is 0. The molecule has 0 heterocycles. The Morgan fingerprint density at radius 3 is 0.278 bits per heavy atom. The van der Waals surface area contributed by atoms with E-state index in [0.29, 0.717) is 0 Å². The summed E-state index contributed by atoms with van der Waals surface area (Å²) in [5.74, 6) is 0. The number of rotatable bonds is 21. The molecular weight excluding hydrogens is 1210 g/mol. The third-order valence-electron chi connectivity index (χ3n) is 20.4. The fourth-order valence-electron chi connectivity index (χ4n) is 17.2. The first-order valence-corrected chi connectivity index (χ1v) is 35.7. The van der Waals surface area contributed by atoms with E-state index in [1.54, 1.807) is 0 Å². The molecule has 0 radical (unpaired) electrons. The van der Waals surface area contributed by atoms with Gasteiger partial charge in [0.1, 0.15) is 0 Å². The Morgan fingerprint density at radius 2 is 0.186 bits per heavy atom. The van der Waals surface area contributed by atoms with Crippen LogP contribution in [0, 0.1) is 0 Å². The minimum atomic E-state index is -3.91. The van der Waals surface area contributed by atoms with Crippen LogP contribution in [-0.4, -0.2) is 0 Å². The predicted octanol–water partition coefficient (Wildman–Crippen LogP) is 22.5. The molecule has 0 aliphatic rings. The number of benzene rings is 15. The van der Waals surface area contributed by atoms with Gasteiger partial charge in [-0.05, 0) is 0 Å². The van der Waals surface area contributed by atoms with Gasteiger partial charge in [0.15, 0.2) is 0 Å². The van der Waals surface area contributed by atoms with Crippen molar-refractivity contribution in [2.45, 2.75) is 29.1 Å². The summed E-state index contributed by atoms with van der Waals surface area (Å²) in [4.78, 5) is 0. The Kier molecular flexibility index (Phi) is 17.4. The van der Waals surface area contributed by atoms with Crippen molar-refractivity contribution in [2.24, 2.45) is 0 Å². The zero-order chi connectivity index (χ0) is 65.3. The quantitative estimate of drug-likeness (QED) is 0.0629. The molecule has 0 saturated heterocycles. The van der Waals surface area contributed by atoms with Crippen molar-refractivity contribution in [3.63, 3.8) is 0 Å². The zero-order valence-corrected chi connectivity index (χ0v) is 55.5. The van der Waals surface area contributed by atoms with Crippen LogP contribution in [0.5, 0.6) is 0 Å². The van der Waals surface area contributed by atoms with Crippen molar-refractivity contribution < 1.29 is 14.1 Å². The van der Waals surface area contributed by atoms with Crippen molar-refractivity contribution in [1.82, 2.24) is 0 Å². The zero-order valence-electron chi connectivity index (χ0n) is 54.2. The van der Waals surface area contributed by atoms with Gasteiger partial charge in [-0.2, -0.15) is 0 Å². The molecule has 97 heavy (non-hydrogen) atoms. The van der Waals surface area contributed by atoms with E-state index in [2.05, 4.69) is 455 Å². The Labute approximate surface area is 577 Å². The molecule has 0 atom stereocenters. The Hall–Kier alpha value is -11.2. The maximum absolute atomic E-state index is 3.91. The summed E-state index contributed by atoms with van der Waals surface area (Å²) < 4.78 is -3.82. The standard InChI is InChI=1S/3C32H25.Cr/c3*1-6-16-26(17-7-1)31(27-18-8-2-9-19-27)32(28-20-10-3-11-21-28,29-22-12-4-13-23-29)30-24-14-5-15-25-30;/h3*1-25H;. The molecule has 1 heteroatoms. The summed E-state index contributed by atoms with van der Waals surface area (Å²) in [7, 11) is 0. The van der Waals surface area contributed by atoms with E-state index >= 15 is 0 Å². The first kappa shape index (κ1) is 62.0. The summed E-state index contributed by atoms with van der Waals surface area (Å²) in [6.07, 6.45) is 0. The van der Waals surface area contributed by atoms with Gasteiger partial charge in [-0.1, -0.05) is 0 Å². The van der Waals surface area contributed by atoms with Gasteiger partial charge in [-0.15, -0.1) is 0 Å². The van der Waals surface area contributed by atoms with E-state index in [1.165, 1.54) is 33.4 Å². The first-order chi connectivity index (χ1) is 48.2. The molecule has 0 bridgehead atoms. The molecule has 15 aromatic carbocycles. The van der Waals surface area contributed by atoms with Crippen molar-refractivity contribution in [1.29, 1.82) is 0 Å². The van der Waals surface area contributed by atoms with Gasteiger partial charge in [0.25, 0.3) is 0 Å². The molecule has 15 aromatic rings. The Morgan fingerprint density at radius 1 is 0.103 bits per heavy atom. The Bertz CT molecular complexity index is 3980. The van der Waals surface area contributed by atoms with Gasteiger partial charge in [0, 0.05) is 0 Å². The summed E-state index contributed by atoms with van der Waals surface area (Å²) >= 11 is -3.91. The van der Waals surface area contributed by atoms with Crippen LogP contribution in [0.2, 0.25) is 0 Å². The predicted molar refractivity (Wildman–Crippen MR) is 399 cm³/mol.